The van der Waals surface area contributed by atoms with Crippen LogP contribution in [0.25, 0.3) is 0 Å². The van der Waals surface area contributed by atoms with E-state index in [0.717, 1.165) is 19.3 Å². The Labute approximate surface area is 131 Å². The van der Waals surface area contributed by atoms with Crippen molar-refractivity contribution in [1.29, 1.82) is 0 Å². The van der Waals surface area contributed by atoms with Crippen molar-refractivity contribution >= 4 is 5.91 Å². The van der Waals surface area contributed by atoms with E-state index < -0.39 is 0 Å². The molecule has 1 amide bonds. The molecule has 0 aliphatic rings. The number of likely N-dealkylation sites (N-methyl/N-ethyl adjacent to an activating group) is 1. The first kappa shape index (κ1) is 18.2. The van der Waals surface area contributed by atoms with Gasteiger partial charge >= 0.3 is 0 Å². The number of carbonyl (C=O) groups is 1. The molecule has 0 bridgehead atoms. The lowest BCUT2D eigenvalue weighted by molar-refractivity contribution is -0.135. The third-order valence-electron chi connectivity index (χ3n) is 3.46. The molecule has 1 N–H and O–H groups in total. The van der Waals surface area contributed by atoms with Gasteiger partial charge in [-0.05, 0) is 13.3 Å². The second-order valence-corrected chi connectivity index (χ2v) is 5.31. The molecule has 0 spiro atoms. The highest BCUT2D eigenvalue weighted by atomic mass is 16.5. The highest BCUT2D eigenvalue weighted by Crippen LogP contribution is 2.10. The predicted molar refractivity (Wildman–Crippen MR) is 85.2 cm³/mol. The van der Waals surface area contributed by atoms with Crippen molar-refractivity contribution < 1.29 is 14.3 Å². The summed E-state index contributed by atoms with van der Waals surface area (Å²) in [6.45, 7) is 4.74. The fraction of sp³-hybridized carbons (Fsp3) is 0.625. The van der Waals surface area contributed by atoms with E-state index in [1.807, 2.05) is 0 Å². The van der Waals surface area contributed by atoms with E-state index in [9.17, 15) is 9.59 Å². The number of aryl methyl sites for hydroxylation is 1. The van der Waals surface area contributed by atoms with Crippen molar-refractivity contribution in [3.8, 4) is 5.75 Å². The van der Waals surface area contributed by atoms with Gasteiger partial charge in [0.25, 0.3) is 0 Å². The Hall–Kier alpha value is -1.82. The normalized spacial score (nSPS) is 10.5. The quantitative estimate of drug-likeness (QED) is 0.707. The smallest absolute Gasteiger partial charge is 0.248 e. The van der Waals surface area contributed by atoms with Gasteiger partial charge in [-0.25, -0.2) is 0 Å². The average Bonchev–Trinajstić information content (AvgIpc) is 2.50. The molecule has 22 heavy (non-hydrogen) atoms. The molecule has 0 aliphatic heterocycles. The second kappa shape index (κ2) is 9.25. The van der Waals surface area contributed by atoms with Crippen molar-refractivity contribution in [2.24, 2.45) is 0 Å². The molecule has 0 aromatic carbocycles. The summed E-state index contributed by atoms with van der Waals surface area (Å²) in [6, 6.07) is 0. The molecule has 6 nitrogen and oxygen atoms in total. The zero-order valence-electron chi connectivity index (χ0n) is 13.9. The topological polar surface area (TPSA) is 71.6 Å². The molecule has 0 unspecified atom stereocenters. The summed E-state index contributed by atoms with van der Waals surface area (Å²) >= 11 is 0. The van der Waals surface area contributed by atoms with E-state index in [2.05, 4.69) is 11.9 Å². The van der Waals surface area contributed by atoms with E-state index >= 15 is 0 Å². The van der Waals surface area contributed by atoms with Gasteiger partial charge in [-0.3, -0.25) is 9.59 Å². The zero-order valence-corrected chi connectivity index (χ0v) is 13.9. The molecule has 1 heterocycles. The third-order valence-corrected chi connectivity index (χ3v) is 3.46. The number of hydrogen-bond acceptors (Lipinski definition) is 4. The number of nitrogens with zero attached hydrogens (tertiary/aromatic N) is 1. The molecule has 1 aromatic heterocycles. The summed E-state index contributed by atoms with van der Waals surface area (Å²) in [6.07, 6.45) is 4.80. The van der Waals surface area contributed by atoms with Crippen LogP contribution in [0.4, 0.5) is 0 Å². The fourth-order valence-electron chi connectivity index (χ4n) is 2.07. The van der Waals surface area contributed by atoms with Gasteiger partial charge in [-0.2, -0.15) is 0 Å². The summed E-state index contributed by atoms with van der Waals surface area (Å²) in [7, 11) is 3.11. The second-order valence-electron chi connectivity index (χ2n) is 5.31. The Morgan fingerprint density at radius 3 is 2.73 bits per heavy atom. The molecule has 6 heteroatoms. The van der Waals surface area contributed by atoms with E-state index in [1.54, 1.807) is 20.2 Å². The number of aromatic nitrogens is 1. The maximum atomic E-state index is 12.2. The molecule has 0 saturated carbocycles. The van der Waals surface area contributed by atoms with Gasteiger partial charge in [-0.1, -0.05) is 19.8 Å². The van der Waals surface area contributed by atoms with Crippen molar-refractivity contribution in [2.75, 3.05) is 27.4 Å². The standard InChI is InChI=1S/C16H26N2O4/c1-5-6-7-8-22-11-14(19)18(3)10-13-9-17-12(2)16(21-4)15(13)20/h9H,5-8,10-11H2,1-4H3,(H,17,20). The molecule has 1 aromatic rings. The molecular formula is C16H26N2O4. The first-order chi connectivity index (χ1) is 10.5. The van der Waals surface area contributed by atoms with Crippen LogP contribution in [0.5, 0.6) is 5.75 Å². The van der Waals surface area contributed by atoms with E-state index in [1.165, 1.54) is 12.0 Å². The number of ether oxygens (including phenoxy) is 2. The van der Waals surface area contributed by atoms with Crippen molar-refractivity contribution in [2.45, 2.75) is 39.7 Å². The lowest BCUT2D eigenvalue weighted by Crippen LogP contribution is -2.32. The molecule has 0 atom stereocenters. The van der Waals surface area contributed by atoms with Crippen LogP contribution in [0.3, 0.4) is 0 Å². The predicted octanol–water partition coefficient (Wildman–Crippen LogP) is 1.86. The average molecular weight is 310 g/mol. The summed E-state index contributed by atoms with van der Waals surface area (Å²) in [5.74, 6) is 0.143. The number of unbranched alkanes of at least 4 members (excludes halogenated alkanes) is 2. The van der Waals surface area contributed by atoms with E-state index in [-0.39, 0.29) is 30.2 Å². The zero-order chi connectivity index (χ0) is 16.5. The number of rotatable bonds is 9. The van der Waals surface area contributed by atoms with Crippen LogP contribution in [0, 0.1) is 6.92 Å². The maximum Gasteiger partial charge on any atom is 0.248 e. The Morgan fingerprint density at radius 1 is 1.36 bits per heavy atom. The molecule has 0 aliphatic carbocycles. The van der Waals surface area contributed by atoms with Gasteiger partial charge in [0.2, 0.25) is 11.3 Å². The summed E-state index contributed by atoms with van der Waals surface area (Å²) in [5, 5.41) is 0. The minimum absolute atomic E-state index is 0.0428. The monoisotopic (exact) mass is 310 g/mol. The number of carbonyl (C=O) groups excluding carboxylic acids is 1. The lowest BCUT2D eigenvalue weighted by atomic mass is 10.2. The number of hydrogen-bond donors (Lipinski definition) is 1. The Balaban J connectivity index is 2.56. The highest BCUT2D eigenvalue weighted by molar-refractivity contribution is 5.77. The van der Waals surface area contributed by atoms with E-state index in [0.29, 0.717) is 17.9 Å². The summed E-state index contributed by atoms with van der Waals surface area (Å²) in [5.41, 5.74) is 0.969. The van der Waals surface area contributed by atoms with Crippen molar-refractivity contribution in [3.05, 3.63) is 27.7 Å². The van der Waals surface area contributed by atoms with Gasteiger partial charge in [0.05, 0.1) is 19.3 Å². The maximum absolute atomic E-state index is 12.2. The summed E-state index contributed by atoms with van der Waals surface area (Å²) < 4.78 is 10.4. The number of amides is 1. The van der Waals surface area contributed by atoms with Crippen LogP contribution in [0.15, 0.2) is 11.0 Å². The van der Waals surface area contributed by atoms with Crippen molar-refractivity contribution in [1.82, 2.24) is 9.88 Å². The molecule has 0 radical (unpaired) electrons. The summed E-state index contributed by atoms with van der Waals surface area (Å²) in [4.78, 5) is 28.6. The van der Waals surface area contributed by atoms with Crippen LogP contribution in [-0.4, -0.2) is 43.2 Å². The Kier molecular flexibility index (Phi) is 7.66. The van der Waals surface area contributed by atoms with Crippen LogP contribution >= 0.6 is 0 Å². The van der Waals surface area contributed by atoms with Gasteiger partial charge in [0.1, 0.15) is 6.61 Å². The largest absolute Gasteiger partial charge is 0.491 e. The van der Waals surface area contributed by atoms with Crippen molar-refractivity contribution in [3.63, 3.8) is 0 Å². The molecule has 1 rings (SSSR count). The molecular weight excluding hydrogens is 284 g/mol. The van der Waals surface area contributed by atoms with Gasteiger partial charge in [0.15, 0.2) is 5.75 Å². The third kappa shape index (κ3) is 5.18. The fourth-order valence-corrected chi connectivity index (χ4v) is 2.07. The molecule has 0 saturated heterocycles. The van der Waals surface area contributed by atoms with Gasteiger partial charge < -0.3 is 19.4 Å². The molecule has 0 fully saturated rings. The van der Waals surface area contributed by atoms with Crippen LogP contribution < -0.4 is 10.2 Å². The minimum Gasteiger partial charge on any atom is -0.491 e. The number of pyridine rings is 1. The first-order valence-corrected chi connectivity index (χ1v) is 7.58. The number of nitrogens with one attached hydrogen (secondary N) is 1. The molecule has 124 valence electrons. The highest BCUT2D eigenvalue weighted by Gasteiger charge is 2.14. The first-order valence-electron chi connectivity index (χ1n) is 7.58. The Morgan fingerprint density at radius 2 is 2.09 bits per heavy atom. The van der Waals surface area contributed by atoms with Gasteiger partial charge in [0, 0.05) is 25.4 Å². The Bertz CT molecular complexity index is 539. The number of methoxy groups -OCH3 is 1. The van der Waals surface area contributed by atoms with Gasteiger partial charge in [-0.15, -0.1) is 0 Å². The van der Waals surface area contributed by atoms with Crippen LogP contribution in [-0.2, 0) is 16.1 Å². The lowest BCUT2D eigenvalue weighted by Gasteiger charge is -2.17. The van der Waals surface area contributed by atoms with Crippen LogP contribution in [0.1, 0.15) is 37.4 Å². The number of aromatic amines is 1. The van der Waals surface area contributed by atoms with E-state index in [4.69, 9.17) is 9.47 Å². The number of H-pyrrole nitrogens is 1. The minimum atomic E-state index is -0.192. The SMILES string of the molecule is CCCCCOCC(=O)N(C)Cc1c[nH]c(C)c(OC)c1=O. The van der Waals surface area contributed by atoms with Crippen LogP contribution in [0.2, 0.25) is 0 Å².